The Hall–Kier alpha value is -9.16. The molecule has 30 heteroatoms. The lowest BCUT2D eigenvalue weighted by atomic mass is 10.2. The van der Waals surface area contributed by atoms with Crippen molar-refractivity contribution >= 4 is 124 Å². The van der Waals surface area contributed by atoms with Gasteiger partial charge in [0, 0.05) is 107 Å². The molecule has 0 atom stereocenters. The third kappa shape index (κ3) is 11.7. The number of hydrogen-bond donors (Lipinski definition) is 4. The van der Waals surface area contributed by atoms with E-state index in [1.807, 2.05) is 71.6 Å². The van der Waals surface area contributed by atoms with Crippen molar-refractivity contribution < 1.29 is 14.3 Å². The molecular formula is C53H54ClN21O5S2Si. The molecule has 0 saturated heterocycles. The van der Waals surface area contributed by atoms with E-state index in [9.17, 15) is 14.4 Å². The third-order valence-electron chi connectivity index (χ3n) is 13.4. The smallest absolute Gasteiger partial charge is 0.357 e. The van der Waals surface area contributed by atoms with Gasteiger partial charge in [-0.05, 0) is 36.4 Å². The first kappa shape index (κ1) is 55.7. The van der Waals surface area contributed by atoms with Crippen molar-refractivity contribution in [2.45, 2.75) is 57.7 Å². The molecule has 14 heterocycles. The predicted octanol–water partition coefficient (Wildman–Crippen LogP) is 7.40. The van der Waals surface area contributed by atoms with Crippen LogP contribution in [0.25, 0.3) is 75.2 Å². The first-order valence-electron chi connectivity index (χ1n) is 25.8. The fourth-order valence-corrected chi connectivity index (χ4v) is 12.4. The second-order valence-electron chi connectivity index (χ2n) is 20.3. The molecule has 0 bridgehead atoms. The molecule has 0 saturated carbocycles. The van der Waals surface area contributed by atoms with Crippen LogP contribution in [0.5, 0.6) is 0 Å². The second-order valence-corrected chi connectivity index (χ2v) is 28.3. The number of alkyl halides is 1. The monoisotopic (exact) mass is 1190 g/mol. The summed E-state index contributed by atoms with van der Waals surface area (Å²) in [6.07, 6.45) is 18.5. The average Bonchev–Trinajstić information content (AvgIpc) is 3.00. The number of methoxy groups -OCH3 is 1. The summed E-state index contributed by atoms with van der Waals surface area (Å²) in [5.41, 5.74) is 9.01. The van der Waals surface area contributed by atoms with Gasteiger partial charge in [-0.15, -0.1) is 34.3 Å². The molecule has 0 aromatic carbocycles. The van der Waals surface area contributed by atoms with Crippen LogP contribution in [0, 0.1) is 0 Å². The maximum absolute atomic E-state index is 13.2. The van der Waals surface area contributed by atoms with E-state index in [0.717, 1.165) is 98.2 Å². The van der Waals surface area contributed by atoms with Gasteiger partial charge in [-0.3, -0.25) is 39.5 Å². The summed E-state index contributed by atoms with van der Waals surface area (Å²) < 4.78 is 21.0. The molecule has 14 aromatic rings. The molecule has 0 amide bonds. The van der Waals surface area contributed by atoms with E-state index < -0.39 is 14.0 Å². The summed E-state index contributed by atoms with van der Waals surface area (Å²) in [6.45, 7) is 8.58. The van der Waals surface area contributed by atoms with Crippen molar-refractivity contribution in [1.29, 1.82) is 0 Å². The van der Waals surface area contributed by atoms with Crippen LogP contribution in [0.15, 0.2) is 102 Å². The number of nitrogens with one attached hydrogen (secondary N) is 4. The van der Waals surface area contributed by atoms with Crippen LogP contribution in [-0.2, 0) is 62.6 Å². The maximum Gasteiger partial charge on any atom is 0.357 e. The van der Waals surface area contributed by atoms with E-state index in [2.05, 4.69) is 100 Å². The van der Waals surface area contributed by atoms with Crippen LogP contribution < -0.4 is 11.1 Å². The van der Waals surface area contributed by atoms with E-state index in [0.29, 0.717) is 41.9 Å². The van der Waals surface area contributed by atoms with E-state index in [1.54, 1.807) is 76.8 Å². The molecule has 0 aliphatic rings. The van der Waals surface area contributed by atoms with Gasteiger partial charge in [0.2, 0.25) is 0 Å². The lowest BCUT2D eigenvalue weighted by Gasteiger charge is -2.15. The Bertz CT molecular complexity index is 4730. The third-order valence-corrected chi connectivity index (χ3v) is 17.6. The van der Waals surface area contributed by atoms with Gasteiger partial charge in [-0.1, -0.05) is 19.6 Å². The highest BCUT2D eigenvalue weighted by Crippen LogP contribution is 2.33. The zero-order chi connectivity index (χ0) is 57.9. The minimum absolute atomic E-state index is 0.169. The van der Waals surface area contributed by atoms with Crippen molar-refractivity contribution in [2.75, 3.05) is 13.7 Å². The van der Waals surface area contributed by atoms with E-state index >= 15 is 0 Å². The number of fused-ring (bicyclic) bond motifs is 9. The molecule has 424 valence electrons. The topological polar surface area (TPSA) is 312 Å². The van der Waals surface area contributed by atoms with Gasteiger partial charge in [-0.2, -0.15) is 35.7 Å². The Morgan fingerprint density at radius 2 is 1.31 bits per heavy atom. The number of carbonyl (C=O) groups excluding carboxylic acids is 1. The quantitative estimate of drug-likeness (QED) is 0.0378. The number of nitrogens with zero attached hydrogens (tertiary/aromatic N) is 17. The van der Waals surface area contributed by atoms with Gasteiger partial charge < -0.3 is 18.6 Å². The number of carbonyl (C=O) groups is 1. The first-order chi connectivity index (χ1) is 40.2. The molecule has 14 rings (SSSR count). The number of aromatic amines is 4. The summed E-state index contributed by atoms with van der Waals surface area (Å²) in [5.74, 6) is -0.0496. The number of aromatic nitrogens is 21. The number of halogens is 1. The predicted molar refractivity (Wildman–Crippen MR) is 319 cm³/mol. The maximum atomic E-state index is 13.2. The molecule has 0 radical (unpaired) electrons. The fraction of sp³-hybridized carbons (Fsp3) is 0.264. The zero-order valence-electron chi connectivity index (χ0n) is 45.9. The van der Waals surface area contributed by atoms with Gasteiger partial charge >= 0.3 is 5.97 Å². The van der Waals surface area contributed by atoms with E-state index in [-0.39, 0.29) is 23.4 Å². The number of H-pyrrole nitrogens is 4. The second kappa shape index (κ2) is 23.7. The number of ether oxygens (including phenoxy) is 2. The summed E-state index contributed by atoms with van der Waals surface area (Å²) >= 11 is 9.03. The van der Waals surface area contributed by atoms with Crippen LogP contribution in [0.3, 0.4) is 0 Å². The highest BCUT2D eigenvalue weighted by atomic mass is 35.5. The van der Waals surface area contributed by atoms with Crippen LogP contribution >= 0.6 is 34.3 Å². The van der Waals surface area contributed by atoms with Crippen molar-refractivity contribution in [3.63, 3.8) is 0 Å². The van der Waals surface area contributed by atoms with E-state index in [1.165, 1.54) is 24.0 Å². The molecule has 0 aliphatic carbocycles. The van der Waals surface area contributed by atoms with Crippen LogP contribution in [0.1, 0.15) is 43.3 Å². The number of aryl methyl sites for hydroxylation is 3. The van der Waals surface area contributed by atoms with Crippen molar-refractivity contribution in [3.05, 3.63) is 151 Å². The Kier molecular flexibility index (Phi) is 15.9. The highest BCUT2D eigenvalue weighted by molar-refractivity contribution is 7.20. The molecular weight excluding hydrogens is 1140 g/mol. The fourth-order valence-electron chi connectivity index (χ4n) is 9.23. The number of rotatable bonds is 13. The zero-order valence-corrected chi connectivity index (χ0v) is 49.3. The summed E-state index contributed by atoms with van der Waals surface area (Å²) in [7, 11) is 5.91. The molecule has 14 aromatic heterocycles. The lowest BCUT2D eigenvalue weighted by Crippen LogP contribution is -2.25. The highest BCUT2D eigenvalue weighted by Gasteiger charge is 2.21. The minimum Gasteiger partial charge on any atom is -0.464 e. The van der Waals surface area contributed by atoms with Crippen molar-refractivity contribution in [1.82, 2.24) is 104 Å². The van der Waals surface area contributed by atoms with Crippen molar-refractivity contribution in [3.8, 4) is 0 Å². The largest absolute Gasteiger partial charge is 0.464 e. The average molecular weight is 1190 g/mol. The number of pyridine rings is 3. The molecule has 26 nitrogen and oxygen atoms in total. The Morgan fingerprint density at radius 1 is 0.675 bits per heavy atom. The van der Waals surface area contributed by atoms with Crippen molar-refractivity contribution in [2.24, 2.45) is 21.1 Å². The Morgan fingerprint density at radius 3 is 2.01 bits per heavy atom. The molecule has 83 heavy (non-hydrogen) atoms. The Balaban J connectivity index is 0.000000121. The lowest BCUT2D eigenvalue weighted by molar-refractivity contribution is 0.0596. The van der Waals surface area contributed by atoms with Gasteiger partial charge in [0.05, 0.1) is 98.9 Å². The van der Waals surface area contributed by atoms with E-state index in [4.69, 9.17) is 21.3 Å². The van der Waals surface area contributed by atoms with Gasteiger partial charge in [-0.25, -0.2) is 34.2 Å². The first-order valence-corrected chi connectivity index (χ1v) is 31.7. The molecule has 4 N–H and O–H groups in total. The summed E-state index contributed by atoms with van der Waals surface area (Å²) in [6, 6.07) is 10.6. The minimum atomic E-state index is -1.03. The molecule has 0 spiro atoms. The summed E-state index contributed by atoms with van der Waals surface area (Å²) in [5, 5.41) is 46.1. The molecule has 0 aliphatic heterocycles. The number of esters is 1. The molecule has 0 unspecified atom stereocenters. The normalized spacial score (nSPS) is 11.7. The molecule has 0 fully saturated rings. The van der Waals surface area contributed by atoms with Crippen LogP contribution in [0.2, 0.25) is 25.7 Å². The number of hydrogen-bond acceptors (Lipinski definition) is 19. The van der Waals surface area contributed by atoms with Gasteiger partial charge in [0.25, 0.3) is 11.1 Å². The summed E-state index contributed by atoms with van der Waals surface area (Å²) in [4.78, 5) is 58.3. The van der Waals surface area contributed by atoms with Crippen LogP contribution in [-0.4, -0.2) is 132 Å². The number of thiazole rings is 2. The SMILES string of the molecule is COC(=O)c1nccc2[nH]ncc12.C[Si](C)(C)CCOCn1ncc2c(CCl)nccc21.Cn1c2nc(Cc3ccn[nH]3)sc2c2cnn(Cc3nccc4[nH]ncc34)c(=O)c21.Cn1ccc(Cc2nc3c(s2)c2cn[nH]c(=O)c2n3C)n1. The van der Waals surface area contributed by atoms with Gasteiger partial charge in [0.15, 0.2) is 17.0 Å². The van der Waals surface area contributed by atoms with Gasteiger partial charge in [0.1, 0.15) is 27.8 Å². The Labute approximate surface area is 483 Å². The standard InChI is InChI=1S/C19H15N9OS.C13H20ClN3OSi.C13H12N6OS.C8H7N3O2/c1-27-16-12(17-18(27)24-15(30-17)6-10-2-5-21-25-10)8-23-28(19(16)29)9-14-11-7-22-26-13(11)3-4-20-14;1-19(2,3)7-6-18-10-17-13-4-5-15-12(8-14)11(13)9-16-17;1-18-4-3-7(17-18)5-9-15-12-11(21-9)8-6-14-16-13(20)10(8)19(12)2;1-13-8(12)7-5-4-10-11-6(5)2-3-9-7/h2-5,7-8H,6,9H2,1H3,(H,21,25)(H,22,26);4-5,9H,6-8,10H2,1-3H3;3-4,6H,5H2,1-2H3,(H,16,20);2-4H,1H3,(H,10,11). The van der Waals surface area contributed by atoms with Crippen LogP contribution in [0.4, 0.5) is 0 Å².